The van der Waals surface area contributed by atoms with Gasteiger partial charge >= 0.3 is 0 Å². The maximum atomic E-state index is 14.5. The first kappa shape index (κ1) is 81.3. The van der Waals surface area contributed by atoms with Crippen LogP contribution in [0, 0.1) is 108 Å². The van der Waals surface area contributed by atoms with E-state index in [2.05, 4.69) is 122 Å². The molecule has 0 fully saturated rings. The van der Waals surface area contributed by atoms with E-state index in [9.17, 15) is 18.3 Å². The van der Waals surface area contributed by atoms with Crippen molar-refractivity contribution in [3.8, 4) is 23.0 Å². The highest BCUT2D eigenvalue weighted by molar-refractivity contribution is 5.55. The molecule has 0 unspecified atom stereocenters. The topological polar surface area (TPSA) is 47.9 Å². The lowest BCUT2D eigenvalue weighted by Gasteiger charge is -2.38. The van der Waals surface area contributed by atoms with Gasteiger partial charge in [0, 0.05) is 22.3 Å². The van der Waals surface area contributed by atoms with Gasteiger partial charge in [-0.1, -0.05) is 180 Å². The Hall–Kier alpha value is -4.13. The molecule has 0 saturated heterocycles. The van der Waals surface area contributed by atoms with Crippen LogP contribution < -0.4 is 14.2 Å². The van der Waals surface area contributed by atoms with E-state index in [1.807, 2.05) is 48.5 Å². The first-order chi connectivity index (χ1) is 43.6. The molecule has 0 amide bonds. The lowest BCUT2D eigenvalue weighted by molar-refractivity contribution is 0.0500. The predicted molar refractivity (Wildman–Crippen MR) is 395 cm³/mol. The van der Waals surface area contributed by atoms with Crippen LogP contribution in [0.1, 0.15) is 338 Å². The van der Waals surface area contributed by atoms with Gasteiger partial charge in [-0.05, 0) is 281 Å². The fourth-order valence-electron chi connectivity index (χ4n) is 14.7. The SMILES string of the molecule is CC(C)=CCC/C(C)=C/CC/C(C)=C/CC[C@]1(C)CCc2c(C)c([18F])c(C)c(C)c2O1.Cc1c(C)c2c(c(C)c1[18F])CC[C@@](C)(CCC[C@H](C)CCC[C@H](C)CCCC(C)C)O2.Cc1c(C)c2c(c([18F])c1O)CC[C@@](C)(CCC[C@H](C)CCC[C@H](C)CCCC(C)C)O2. The summed E-state index contributed by atoms with van der Waals surface area (Å²) in [4.78, 5) is 0. The summed E-state index contributed by atoms with van der Waals surface area (Å²) >= 11 is 0. The van der Waals surface area contributed by atoms with Gasteiger partial charge in [-0.15, -0.1) is 0 Å². The monoisotopic (exact) mass is 1290 g/mol. The quantitative estimate of drug-likeness (QED) is 0.0618. The third kappa shape index (κ3) is 26.0. The normalized spacial score (nSPS) is 20.0. The van der Waals surface area contributed by atoms with Crippen LogP contribution in [0.3, 0.4) is 0 Å². The Bertz CT molecular complexity index is 2780. The summed E-state index contributed by atoms with van der Waals surface area (Å²) in [6, 6.07) is 0. The number of phenolic OH excluding ortho intramolecular Hbond substituents is 1. The standard InChI is InChI=1S/C29H49FO.C29H43FO.C28H47FO2/c2*1-20(2)12-9-13-21(3)14-10-15-22(4)16-11-18-29(8)19-17-26-25(7)27(30)23(5)24(6)28(26)31-29;1-19(2)11-8-12-20(3)13-9-14-21(4)15-10-17-28(7)18-16-24-25(29)26(30)22(5)23(6)27(24)31-28/h20-22H,9-19H2,1-8H3;12,14,16H,9-11,13,15,17-19H2,1-8H3;19-21,30H,8-18H2,1-7H3/b;21-14+,22-16+;/t21-,22-,29-;29-;20-,21-,28-/m111/s1/i2*30-1;29-1. The summed E-state index contributed by atoms with van der Waals surface area (Å²) in [7, 11) is 0. The summed E-state index contributed by atoms with van der Waals surface area (Å²) in [5.41, 5.74) is 13.0. The van der Waals surface area contributed by atoms with Gasteiger partial charge in [-0.25, -0.2) is 13.2 Å². The third-order valence-electron chi connectivity index (χ3n) is 22.2. The van der Waals surface area contributed by atoms with Crippen molar-refractivity contribution in [2.24, 2.45) is 35.5 Å². The first-order valence-corrected chi connectivity index (χ1v) is 37.7. The van der Waals surface area contributed by atoms with Gasteiger partial charge in [-0.2, -0.15) is 0 Å². The van der Waals surface area contributed by atoms with Crippen molar-refractivity contribution in [2.45, 2.75) is 369 Å². The minimum absolute atomic E-state index is 0.0495. The summed E-state index contributed by atoms with van der Waals surface area (Å²) in [5, 5.41) is 10.0. The number of rotatable bonds is 33. The number of fused-ring (bicyclic) bond motifs is 3. The Labute approximate surface area is 570 Å². The molecule has 528 valence electrons. The third-order valence-corrected chi connectivity index (χ3v) is 22.2. The largest absolute Gasteiger partial charge is 0.505 e. The molecule has 0 spiro atoms. The Balaban J connectivity index is 0.000000297. The Morgan fingerprint density at radius 3 is 1.08 bits per heavy atom. The number of halogens is 3. The Morgan fingerprint density at radius 1 is 0.387 bits per heavy atom. The van der Waals surface area contributed by atoms with Crippen molar-refractivity contribution in [3.63, 3.8) is 0 Å². The van der Waals surface area contributed by atoms with E-state index in [4.69, 9.17) is 14.2 Å². The zero-order valence-electron chi connectivity index (χ0n) is 64.2. The molecule has 3 aromatic carbocycles. The maximum Gasteiger partial charge on any atom is 0.171 e. The van der Waals surface area contributed by atoms with Crippen LogP contribution in [0.4, 0.5) is 13.2 Å². The second-order valence-corrected chi connectivity index (χ2v) is 32.6. The average molecular weight is 1290 g/mol. The molecule has 3 aliphatic heterocycles. The Kier molecular flexibility index (Phi) is 33.8. The molecule has 3 aromatic rings. The predicted octanol–water partition coefficient (Wildman–Crippen LogP) is 27.0. The minimum atomic E-state index is -0.493. The van der Waals surface area contributed by atoms with Crippen LogP contribution in [-0.4, -0.2) is 21.9 Å². The maximum absolute atomic E-state index is 14.5. The van der Waals surface area contributed by atoms with Crippen molar-refractivity contribution in [1.29, 1.82) is 0 Å². The number of benzene rings is 3. The molecular formula is C86H139F3O4. The number of allylic oxidation sites excluding steroid dienone is 6. The molecular weight excluding hydrogens is 1150 g/mol. The Morgan fingerprint density at radius 2 is 0.699 bits per heavy atom. The van der Waals surface area contributed by atoms with Crippen molar-refractivity contribution >= 4 is 0 Å². The molecule has 1 N–H and O–H groups in total. The van der Waals surface area contributed by atoms with Gasteiger partial charge in [0.2, 0.25) is 0 Å². The van der Waals surface area contributed by atoms with E-state index in [0.717, 1.165) is 187 Å². The number of hydrogen-bond acceptors (Lipinski definition) is 4. The van der Waals surface area contributed by atoms with Crippen LogP contribution in [0.15, 0.2) is 34.9 Å². The highest BCUT2D eigenvalue weighted by Gasteiger charge is 2.38. The fourth-order valence-corrected chi connectivity index (χ4v) is 14.7. The molecule has 3 aliphatic rings. The van der Waals surface area contributed by atoms with E-state index in [0.29, 0.717) is 23.3 Å². The van der Waals surface area contributed by atoms with E-state index in [-0.39, 0.29) is 34.2 Å². The first-order valence-electron chi connectivity index (χ1n) is 37.7. The highest BCUT2D eigenvalue weighted by atomic mass is 18.2. The lowest BCUT2D eigenvalue weighted by atomic mass is 9.84. The average Bonchev–Trinajstić information content (AvgIpc) is 0.786. The van der Waals surface area contributed by atoms with Crippen LogP contribution in [0.2, 0.25) is 0 Å². The highest BCUT2D eigenvalue weighted by Crippen LogP contribution is 2.46. The van der Waals surface area contributed by atoms with Crippen LogP contribution >= 0.6 is 0 Å². The summed E-state index contributed by atoms with van der Waals surface area (Å²) in [5.74, 6) is 6.68. The second kappa shape index (κ2) is 38.7. The van der Waals surface area contributed by atoms with Crippen LogP contribution in [0.5, 0.6) is 23.0 Å². The number of phenols is 1. The molecule has 3 heterocycles. The zero-order valence-corrected chi connectivity index (χ0v) is 64.2. The van der Waals surface area contributed by atoms with Crippen molar-refractivity contribution in [2.75, 3.05) is 0 Å². The van der Waals surface area contributed by atoms with Crippen molar-refractivity contribution in [3.05, 3.63) is 114 Å². The molecule has 0 saturated carbocycles. The van der Waals surface area contributed by atoms with Crippen LogP contribution in [-0.2, 0) is 19.3 Å². The van der Waals surface area contributed by atoms with Crippen molar-refractivity contribution < 1.29 is 32.5 Å². The van der Waals surface area contributed by atoms with E-state index < -0.39 is 5.82 Å². The zero-order chi connectivity index (χ0) is 69.5. The van der Waals surface area contributed by atoms with E-state index in [1.165, 1.54) is 113 Å². The summed E-state index contributed by atoms with van der Waals surface area (Å²) in [6.45, 7) is 49.6. The fraction of sp³-hybridized carbons (Fsp3) is 0.721. The second-order valence-electron chi connectivity index (χ2n) is 32.6. The number of ether oxygens (including phenoxy) is 3. The number of aromatic hydroxyl groups is 1. The van der Waals surface area contributed by atoms with Gasteiger partial charge in [0.1, 0.15) is 45.7 Å². The molecule has 0 aliphatic carbocycles. The number of hydrogen-bond donors (Lipinski definition) is 1. The van der Waals surface area contributed by atoms with E-state index >= 15 is 0 Å². The molecule has 4 nitrogen and oxygen atoms in total. The van der Waals surface area contributed by atoms with Gasteiger partial charge in [-0.3, -0.25) is 0 Å². The van der Waals surface area contributed by atoms with E-state index in [1.54, 1.807) is 6.92 Å². The van der Waals surface area contributed by atoms with Gasteiger partial charge in [0.05, 0.1) is 0 Å². The van der Waals surface area contributed by atoms with Gasteiger partial charge in [0.25, 0.3) is 0 Å². The molecule has 7 atom stereocenters. The van der Waals surface area contributed by atoms with Crippen LogP contribution in [0.25, 0.3) is 0 Å². The summed E-state index contributed by atoms with van der Waals surface area (Å²) < 4.78 is 62.8. The molecule has 0 bridgehead atoms. The van der Waals surface area contributed by atoms with Gasteiger partial charge < -0.3 is 19.3 Å². The molecule has 93 heavy (non-hydrogen) atoms. The molecule has 7 heteroatoms. The summed E-state index contributed by atoms with van der Waals surface area (Å²) in [6.07, 6.45) is 42.2. The lowest BCUT2D eigenvalue weighted by Crippen LogP contribution is -2.37. The van der Waals surface area contributed by atoms with Crippen molar-refractivity contribution in [1.82, 2.24) is 0 Å². The molecule has 6 rings (SSSR count). The van der Waals surface area contributed by atoms with Gasteiger partial charge in [0.15, 0.2) is 11.6 Å². The smallest absolute Gasteiger partial charge is 0.171 e. The molecule has 0 radical (unpaired) electrons. The minimum Gasteiger partial charge on any atom is -0.505 e. The molecule has 0 aromatic heterocycles.